The van der Waals surface area contributed by atoms with Gasteiger partial charge in [-0.3, -0.25) is 4.79 Å². The van der Waals surface area contributed by atoms with Crippen molar-refractivity contribution in [3.63, 3.8) is 0 Å². The summed E-state index contributed by atoms with van der Waals surface area (Å²) in [5.74, 6) is -1.47. The fourth-order valence-electron chi connectivity index (χ4n) is 0.792. The highest BCUT2D eigenvalue weighted by Crippen LogP contribution is 2.23. The lowest BCUT2D eigenvalue weighted by molar-refractivity contribution is -0.113. The summed E-state index contributed by atoms with van der Waals surface area (Å²) in [5.41, 5.74) is 0.0191. The van der Waals surface area contributed by atoms with Crippen LogP contribution in [0.3, 0.4) is 0 Å². The summed E-state index contributed by atoms with van der Waals surface area (Å²) >= 11 is 5.21. The Hall–Kier alpha value is -1.29. The fourth-order valence-corrected chi connectivity index (χ4v) is 0.859. The zero-order valence-corrected chi connectivity index (χ0v) is 7.31. The van der Waals surface area contributed by atoms with Crippen LogP contribution in [0.1, 0.15) is 0 Å². The summed E-state index contributed by atoms with van der Waals surface area (Å²) in [4.78, 5) is 10.8. The van der Waals surface area contributed by atoms with Gasteiger partial charge in [-0.15, -0.1) is 11.6 Å². The molecule has 0 saturated heterocycles. The molecule has 0 spiro atoms. The molecule has 5 heteroatoms. The predicted molar refractivity (Wildman–Crippen MR) is 47.4 cm³/mol. The van der Waals surface area contributed by atoms with Gasteiger partial charge in [-0.25, -0.2) is 4.39 Å². The molecule has 0 radical (unpaired) electrons. The van der Waals surface area contributed by atoms with Crippen molar-refractivity contribution in [1.82, 2.24) is 0 Å². The van der Waals surface area contributed by atoms with E-state index in [2.05, 4.69) is 5.32 Å². The van der Waals surface area contributed by atoms with Gasteiger partial charge in [0, 0.05) is 6.07 Å². The molecule has 13 heavy (non-hydrogen) atoms. The number of phenolic OH excluding ortho intramolecular Hbond substituents is 1. The number of halogens is 2. The molecule has 3 nitrogen and oxygen atoms in total. The molecule has 0 bridgehead atoms. The van der Waals surface area contributed by atoms with E-state index < -0.39 is 11.7 Å². The minimum absolute atomic E-state index is 0.0191. The molecule has 0 aliphatic heterocycles. The van der Waals surface area contributed by atoms with Crippen LogP contribution in [-0.4, -0.2) is 16.9 Å². The Labute approximate surface area is 79.1 Å². The van der Waals surface area contributed by atoms with E-state index >= 15 is 0 Å². The lowest BCUT2D eigenvalue weighted by atomic mass is 10.3. The summed E-state index contributed by atoms with van der Waals surface area (Å²) in [6, 6.07) is 3.25. The number of hydrogen-bond acceptors (Lipinski definition) is 2. The van der Waals surface area contributed by atoms with Crippen molar-refractivity contribution in [1.29, 1.82) is 0 Å². The molecule has 0 aromatic heterocycles. The zero-order chi connectivity index (χ0) is 9.84. The van der Waals surface area contributed by atoms with Crippen LogP contribution in [0, 0.1) is 5.82 Å². The number of anilines is 1. The molecule has 0 aliphatic carbocycles. The minimum atomic E-state index is -0.539. The number of benzene rings is 1. The number of alkyl halides is 1. The Morgan fingerprint density at radius 3 is 2.92 bits per heavy atom. The quantitative estimate of drug-likeness (QED) is 0.568. The normalized spacial score (nSPS) is 9.69. The number of aromatic hydroxyl groups is 1. The third-order valence-electron chi connectivity index (χ3n) is 1.35. The lowest BCUT2D eigenvalue weighted by Crippen LogP contribution is -2.12. The lowest BCUT2D eigenvalue weighted by Gasteiger charge is -2.04. The number of rotatable bonds is 2. The van der Waals surface area contributed by atoms with Crippen molar-refractivity contribution in [2.75, 3.05) is 11.2 Å². The molecule has 0 unspecified atom stereocenters. The first-order chi connectivity index (χ1) is 6.13. The van der Waals surface area contributed by atoms with Gasteiger partial charge in [0.15, 0.2) is 0 Å². The molecule has 70 valence electrons. The number of amides is 1. The summed E-state index contributed by atoms with van der Waals surface area (Å²) in [6.45, 7) is 0. The zero-order valence-electron chi connectivity index (χ0n) is 6.55. The van der Waals surface area contributed by atoms with Crippen LogP contribution in [0.2, 0.25) is 0 Å². The van der Waals surface area contributed by atoms with Crippen molar-refractivity contribution < 1.29 is 14.3 Å². The Balaban J connectivity index is 2.87. The molecule has 1 rings (SSSR count). The largest absolute Gasteiger partial charge is 0.506 e. The van der Waals surface area contributed by atoms with Crippen LogP contribution in [0.4, 0.5) is 10.1 Å². The molecule has 1 amide bonds. The van der Waals surface area contributed by atoms with E-state index in [1.54, 1.807) is 0 Å². The molecule has 1 aromatic rings. The van der Waals surface area contributed by atoms with Crippen molar-refractivity contribution in [2.24, 2.45) is 0 Å². The second-order valence-electron chi connectivity index (χ2n) is 2.34. The van der Waals surface area contributed by atoms with E-state index in [0.29, 0.717) is 0 Å². The first-order valence-electron chi connectivity index (χ1n) is 3.48. The van der Waals surface area contributed by atoms with E-state index in [-0.39, 0.29) is 17.3 Å². The average Bonchev–Trinajstić information content (AvgIpc) is 2.11. The summed E-state index contributed by atoms with van der Waals surface area (Å²) < 4.78 is 12.6. The first-order valence-corrected chi connectivity index (χ1v) is 4.01. The van der Waals surface area contributed by atoms with E-state index in [0.717, 1.165) is 18.2 Å². The molecule has 0 heterocycles. The van der Waals surface area contributed by atoms with Gasteiger partial charge >= 0.3 is 0 Å². The minimum Gasteiger partial charge on any atom is -0.506 e. The summed E-state index contributed by atoms with van der Waals surface area (Å²) in [6.07, 6.45) is 0. The van der Waals surface area contributed by atoms with E-state index in [9.17, 15) is 9.18 Å². The van der Waals surface area contributed by atoms with Gasteiger partial charge in [-0.2, -0.15) is 0 Å². The van der Waals surface area contributed by atoms with Gasteiger partial charge in [0.05, 0.1) is 5.69 Å². The van der Waals surface area contributed by atoms with Crippen LogP contribution in [-0.2, 0) is 4.79 Å². The van der Waals surface area contributed by atoms with Crippen LogP contribution >= 0.6 is 11.6 Å². The third-order valence-corrected chi connectivity index (χ3v) is 1.60. The topological polar surface area (TPSA) is 49.3 Å². The van der Waals surface area contributed by atoms with E-state index in [4.69, 9.17) is 16.7 Å². The van der Waals surface area contributed by atoms with E-state index in [1.807, 2.05) is 0 Å². The molecular weight excluding hydrogens is 197 g/mol. The maximum atomic E-state index is 12.6. The van der Waals surface area contributed by atoms with Gasteiger partial charge < -0.3 is 10.4 Å². The number of carbonyl (C=O) groups is 1. The second kappa shape index (κ2) is 4.09. The van der Waals surface area contributed by atoms with Gasteiger partial charge in [0.2, 0.25) is 5.91 Å². The van der Waals surface area contributed by atoms with Gasteiger partial charge in [-0.1, -0.05) is 0 Å². The van der Waals surface area contributed by atoms with Crippen LogP contribution in [0.25, 0.3) is 0 Å². The molecule has 1 aromatic carbocycles. The molecule has 0 atom stereocenters. The summed E-state index contributed by atoms with van der Waals surface area (Å²) in [7, 11) is 0. The molecule has 0 fully saturated rings. The smallest absolute Gasteiger partial charge is 0.239 e. The molecule has 0 saturated carbocycles. The predicted octanol–water partition coefficient (Wildman–Crippen LogP) is 1.71. The number of carbonyl (C=O) groups excluding carboxylic acids is 1. The SMILES string of the molecule is O=C(CCl)Nc1cc(F)ccc1O. The standard InChI is InChI=1S/C8H7ClFNO2/c9-4-8(13)11-6-3-5(10)1-2-7(6)12/h1-3,12H,4H2,(H,11,13). The third kappa shape index (κ3) is 2.59. The molecule has 2 N–H and O–H groups in total. The van der Waals surface area contributed by atoms with E-state index in [1.165, 1.54) is 0 Å². The maximum absolute atomic E-state index is 12.6. The number of phenols is 1. The molecular formula is C8H7ClFNO2. The monoisotopic (exact) mass is 203 g/mol. The number of hydrogen-bond donors (Lipinski definition) is 2. The molecule has 0 aliphatic rings. The van der Waals surface area contributed by atoms with Crippen LogP contribution in [0.5, 0.6) is 5.75 Å². The van der Waals surface area contributed by atoms with Gasteiger partial charge in [0.1, 0.15) is 17.4 Å². The Bertz CT molecular complexity index is 330. The Morgan fingerprint density at radius 2 is 2.31 bits per heavy atom. The highest BCUT2D eigenvalue weighted by molar-refractivity contribution is 6.29. The van der Waals surface area contributed by atoms with Crippen molar-refractivity contribution >= 4 is 23.2 Å². The van der Waals surface area contributed by atoms with Crippen LogP contribution in [0.15, 0.2) is 18.2 Å². The average molecular weight is 204 g/mol. The van der Waals surface area contributed by atoms with Gasteiger partial charge in [-0.05, 0) is 12.1 Å². The number of nitrogens with one attached hydrogen (secondary N) is 1. The van der Waals surface area contributed by atoms with Crippen molar-refractivity contribution in [2.45, 2.75) is 0 Å². The summed E-state index contributed by atoms with van der Waals surface area (Å²) in [5, 5.41) is 11.4. The van der Waals surface area contributed by atoms with Crippen molar-refractivity contribution in [3.05, 3.63) is 24.0 Å². The maximum Gasteiger partial charge on any atom is 0.239 e. The second-order valence-corrected chi connectivity index (χ2v) is 2.61. The van der Waals surface area contributed by atoms with Crippen LogP contribution < -0.4 is 5.32 Å². The Kier molecular flexibility index (Phi) is 3.08. The van der Waals surface area contributed by atoms with Crippen molar-refractivity contribution in [3.8, 4) is 5.75 Å². The first kappa shape index (κ1) is 9.80. The fraction of sp³-hybridized carbons (Fsp3) is 0.125. The van der Waals surface area contributed by atoms with Gasteiger partial charge in [0.25, 0.3) is 0 Å². The highest BCUT2D eigenvalue weighted by Gasteiger charge is 2.05. The highest BCUT2D eigenvalue weighted by atomic mass is 35.5. The Morgan fingerprint density at radius 1 is 1.62 bits per heavy atom.